The Balaban J connectivity index is 2.37. The largest absolute Gasteiger partial charge is 0.489 e. The van der Waals surface area contributed by atoms with Gasteiger partial charge < -0.3 is 15.8 Å². The standard InChI is InChI=1S/C12H17FN2O2/c1-8(7-15-12(16)9(2)14)17-11-5-3-10(13)4-6-11/h3-6,8-9H,7,14H2,1-2H3,(H,15,16)/t8?,9-/m0/s1. The highest BCUT2D eigenvalue weighted by Crippen LogP contribution is 2.12. The lowest BCUT2D eigenvalue weighted by Gasteiger charge is -2.16. The predicted molar refractivity (Wildman–Crippen MR) is 63.1 cm³/mol. The van der Waals surface area contributed by atoms with Gasteiger partial charge in [0.1, 0.15) is 17.7 Å². The van der Waals surface area contributed by atoms with Crippen molar-refractivity contribution >= 4 is 5.91 Å². The minimum absolute atomic E-state index is 0.205. The van der Waals surface area contributed by atoms with Crippen molar-refractivity contribution in [3.05, 3.63) is 30.1 Å². The van der Waals surface area contributed by atoms with Crippen LogP contribution >= 0.6 is 0 Å². The SMILES string of the molecule is CC(CNC(=O)[C@H](C)N)Oc1ccc(F)cc1. The number of carbonyl (C=O) groups is 1. The number of amides is 1. The average molecular weight is 240 g/mol. The molecule has 5 heteroatoms. The second kappa shape index (κ2) is 6.20. The van der Waals surface area contributed by atoms with E-state index in [-0.39, 0.29) is 17.8 Å². The molecule has 0 fully saturated rings. The second-order valence-electron chi connectivity index (χ2n) is 3.92. The maximum absolute atomic E-state index is 12.6. The van der Waals surface area contributed by atoms with Gasteiger partial charge in [-0.1, -0.05) is 0 Å². The number of rotatable bonds is 5. The van der Waals surface area contributed by atoms with Crippen molar-refractivity contribution in [1.82, 2.24) is 5.32 Å². The lowest BCUT2D eigenvalue weighted by Crippen LogP contribution is -2.42. The summed E-state index contributed by atoms with van der Waals surface area (Å²) in [4.78, 5) is 11.2. The van der Waals surface area contributed by atoms with Crippen LogP contribution in [-0.2, 0) is 4.79 Å². The van der Waals surface area contributed by atoms with E-state index in [1.54, 1.807) is 19.1 Å². The van der Waals surface area contributed by atoms with Gasteiger partial charge in [-0.2, -0.15) is 0 Å². The molecule has 17 heavy (non-hydrogen) atoms. The van der Waals surface area contributed by atoms with Crippen molar-refractivity contribution in [2.45, 2.75) is 26.0 Å². The summed E-state index contributed by atoms with van der Waals surface area (Å²) in [7, 11) is 0. The number of halogens is 1. The summed E-state index contributed by atoms with van der Waals surface area (Å²) >= 11 is 0. The van der Waals surface area contributed by atoms with Crippen LogP contribution in [0.3, 0.4) is 0 Å². The molecule has 2 atom stereocenters. The molecule has 0 aliphatic carbocycles. The van der Waals surface area contributed by atoms with Crippen LogP contribution < -0.4 is 15.8 Å². The molecule has 0 saturated carbocycles. The van der Waals surface area contributed by atoms with E-state index in [1.165, 1.54) is 12.1 Å². The molecule has 94 valence electrons. The first-order chi connectivity index (χ1) is 7.99. The van der Waals surface area contributed by atoms with Crippen molar-refractivity contribution < 1.29 is 13.9 Å². The zero-order chi connectivity index (χ0) is 12.8. The molecule has 0 heterocycles. The molecule has 0 bridgehead atoms. The first kappa shape index (κ1) is 13.4. The van der Waals surface area contributed by atoms with Crippen LogP contribution in [0.4, 0.5) is 4.39 Å². The van der Waals surface area contributed by atoms with Crippen LogP contribution in [0.15, 0.2) is 24.3 Å². The Labute approximate surface area is 100.0 Å². The van der Waals surface area contributed by atoms with Crippen molar-refractivity contribution in [2.75, 3.05) is 6.54 Å². The number of carbonyl (C=O) groups excluding carboxylic acids is 1. The molecule has 1 amide bonds. The van der Waals surface area contributed by atoms with E-state index >= 15 is 0 Å². The number of nitrogens with two attached hydrogens (primary N) is 1. The summed E-state index contributed by atoms with van der Waals surface area (Å²) in [6.45, 7) is 3.78. The Morgan fingerprint density at radius 3 is 2.53 bits per heavy atom. The van der Waals surface area contributed by atoms with Gasteiger partial charge >= 0.3 is 0 Å². The topological polar surface area (TPSA) is 64.4 Å². The second-order valence-corrected chi connectivity index (χ2v) is 3.92. The van der Waals surface area contributed by atoms with Crippen LogP contribution in [-0.4, -0.2) is 24.6 Å². The summed E-state index contributed by atoms with van der Waals surface area (Å²) < 4.78 is 18.1. The molecule has 4 nitrogen and oxygen atoms in total. The lowest BCUT2D eigenvalue weighted by atomic mass is 10.3. The molecule has 0 saturated heterocycles. The molecule has 1 unspecified atom stereocenters. The van der Waals surface area contributed by atoms with E-state index < -0.39 is 6.04 Å². The lowest BCUT2D eigenvalue weighted by molar-refractivity contribution is -0.122. The van der Waals surface area contributed by atoms with Gasteiger partial charge in [-0.25, -0.2) is 4.39 Å². The van der Waals surface area contributed by atoms with E-state index in [0.29, 0.717) is 12.3 Å². The molecular formula is C12H17FN2O2. The van der Waals surface area contributed by atoms with Crippen molar-refractivity contribution in [1.29, 1.82) is 0 Å². The maximum atomic E-state index is 12.6. The summed E-state index contributed by atoms with van der Waals surface area (Å²) in [5.74, 6) is 0.0313. The Morgan fingerprint density at radius 1 is 1.41 bits per heavy atom. The highest BCUT2D eigenvalue weighted by atomic mass is 19.1. The molecule has 1 aromatic carbocycles. The van der Waals surface area contributed by atoms with Crippen LogP contribution in [0.25, 0.3) is 0 Å². The third-order valence-electron chi connectivity index (χ3n) is 2.13. The minimum Gasteiger partial charge on any atom is -0.489 e. The normalized spacial score (nSPS) is 13.9. The van der Waals surface area contributed by atoms with E-state index in [9.17, 15) is 9.18 Å². The summed E-state index contributed by atoms with van der Waals surface area (Å²) in [6, 6.07) is 5.19. The van der Waals surface area contributed by atoms with Crippen LogP contribution in [0.2, 0.25) is 0 Å². The van der Waals surface area contributed by atoms with Crippen LogP contribution in [0.1, 0.15) is 13.8 Å². The molecule has 0 aliphatic heterocycles. The maximum Gasteiger partial charge on any atom is 0.236 e. The molecule has 3 N–H and O–H groups in total. The predicted octanol–water partition coefficient (Wildman–Crippen LogP) is 1.06. The number of benzene rings is 1. The molecule has 0 aromatic heterocycles. The Bertz CT molecular complexity index is 365. The number of hydrogen-bond acceptors (Lipinski definition) is 3. The number of hydrogen-bond donors (Lipinski definition) is 2. The first-order valence-corrected chi connectivity index (χ1v) is 5.44. The number of ether oxygens (including phenoxy) is 1. The summed E-state index contributed by atoms with van der Waals surface area (Å²) in [5, 5.41) is 2.65. The van der Waals surface area contributed by atoms with Gasteiger partial charge in [0, 0.05) is 0 Å². The summed E-state index contributed by atoms with van der Waals surface area (Å²) in [6.07, 6.45) is -0.205. The zero-order valence-electron chi connectivity index (χ0n) is 9.94. The smallest absolute Gasteiger partial charge is 0.236 e. The van der Waals surface area contributed by atoms with Gasteiger partial charge in [0.05, 0.1) is 12.6 Å². The molecular weight excluding hydrogens is 223 g/mol. The van der Waals surface area contributed by atoms with Gasteiger partial charge in [-0.05, 0) is 38.1 Å². The quantitative estimate of drug-likeness (QED) is 0.808. The average Bonchev–Trinajstić information content (AvgIpc) is 2.29. The Kier molecular flexibility index (Phi) is 4.90. The highest BCUT2D eigenvalue weighted by molar-refractivity contribution is 5.80. The third kappa shape index (κ3) is 4.82. The number of nitrogens with one attached hydrogen (secondary N) is 1. The van der Waals surface area contributed by atoms with Gasteiger partial charge in [0.15, 0.2) is 0 Å². The molecule has 1 rings (SSSR count). The molecule has 0 radical (unpaired) electrons. The fourth-order valence-electron chi connectivity index (χ4n) is 1.19. The van der Waals surface area contributed by atoms with Crippen molar-refractivity contribution in [3.8, 4) is 5.75 Å². The van der Waals surface area contributed by atoms with E-state index in [1.807, 2.05) is 6.92 Å². The monoisotopic (exact) mass is 240 g/mol. The van der Waals surface area contributed by atoms with E-state index in [4.69, 9.17) is 10.5 Å². The molecule has 0 spiro atoms. The van der Waals surface area contributed by atoms with Gasteiger partial charge in [-0.3, -0.25) is 4.79 Å². The third-order valence-corrected chi connectivity index (χ3v) is 2.13. The molecule has 1 aromatic rings. The van der Waals surface area contributed by atoms with E-state index in [0.717, 1.165) is 0 Å². The Hall–Kier alpha value is -1.62. The van der Waals surface area contributed by atoms with Crippen molar-refractivity contribution in [2.24, 2.45) is 5.73 Å². The van der Waals surface area contributed by atoms with Crippen molar-refractivity contribution in [3.63, 3.8) is 0 Å². The zero-order valence-corrected chi connectivity index (χ0v) is 9.94. The van der Waals surface area contributed by atoms with Gasteiger partial charge in [-0.15, -0.1) is 0 Å². The molecule has 0 aliphatic rings. The highest BCUT2D eigenvalue weighted by Gasteiger charge is 2.09. The minimum atomic E-state index is -0.534. The first-order valence-electron chi connectivity index (χ1n) is 5.44. The van der Waals surface area contributed by atoms with E-state index in [2.05, 4.69) is 5.32 Å². The fourth-order valence-corrected chi connectivity index (χ4v) is 1.19. The van der Waals surface area contributed by atoms with Gasteiger partial charge in [0.2, 0.25) is 5.91 Å². The van der Waals surface area contributed by atoms with Crippen LogP contribution in [0, 0.1) is 5.82 Å². The van der Waals surface area contributed by atoms with Gasteiger partial charge in [0.25, 0.3) is 0 Å². The van der Waals surface area contributed by atoms with Crippen LogP contribution in [0.5, 0.6) is 5.75 Å². The Morgan fingerprint density at radius 2 is 2.00 bits per heavy atom. The fraction of sp³-hybridized carbons (Fsp3) is 0.417. The summed E-state index contributed by atoms with van der Waals surface area (Å²) in [5.41, 5.74) is 5.40.